The lowest BCUT2D eigenvalue weighted by molar-refractivity contribution is 0.155. The number of anilines is 2. The Bertz CT molecular complexity index is 818. The van der Waals surface area contributed by atoms with Gasteiger partial charge in [0.25, 0.3) is 0 Å². The molecule has 0 spiro atoms. The van der Waals surface area contributed by atoms with Gasteiger partial charge in [0.2, 0.25) is 0 Å². The SMILES string of the molecule is Nc1ccc(-c2ccccc2)c(NC(=O)OCc2ccccc2)c1. The van der Waals surface area contributed by atoms with E-state index in [1.54, 1.807) is 6.07 Å². The van der Waals surface area contributed by atoms with Crippen LogP contribution in [-0.2, 0) is 11.3 Å². The summed E-state index contributed by atoms with van der Waals surface area (Å²) in [6.45, 7) is 0.218. The highest BCUT2D eigenvalue weighted by atomic mass is 16.5. The second kappa shape index (κ2) is 7.33. The largest absolute Gasteiger partial charge is 0.444 e. The zero-order valence-electron chi connectivity index (χ0n) is 13.1. The molecule has 3 rings (SSSR count). The van der Waals surface area contributed by atoms with Crippen molar-refractivity contribution in [2.45, 2.75) is 6.61 Å². The first-order valence-electron chi connectivity index (χ1n) is 7.65. The molecule has 4 nitrogen and oxygen atoms in total. The second-order valence-corrected chi connectivity index (χ2v) is 5.36. The maximum atomic E-state index is 12.1. The van der Waals surface area contributed by atoms with Crippen LogP contribution in [0.4, 0.5) is 16.2 Å². The van der Waals surface area contributed by atoms with Crippen LogP contribution < -0.4 is 11.1 Å². The molecule has 0 saturated carbocycles. The van der Waals surface area contributed by atoms with Crippen LogP contribution in [0.5, 0.6) is 0 Å². The molecule has 0 heterocycles. The van der Waals surface area contributed by atoms with Crippen molar-refractivity contribution in [2.24, 2.45) is 0 Å². The lowest BCUT2D eigenvalue weighted by Crippen LogP contribution is -2.14. The van der Waals surface area contributed by atoms with Gasteiger partial charge < -0.3 is 10.5 Å². The minimum Gasteiger partial charge on any atom is -0.444 e. The molecule has 0 aliphatic carbocycles. The zero-order chi connectivity index (χ0) is 16.8. The summed E-state index contributed by atoms with van der Waals surface area (Å²) in [4.78, 5) is 12.1. The molecule has 4 heteroatoms. The van der Waals surface area contributed by atoms with Gasteiger partial charge in [0, 0.05) is 11.3 Å². The lowest BCUT2D eigenvalue weighted by atomic mass is 10.0. The quantitative estimate of drug-likeness (QED) is 0.686. The third kappa shape index (κ3) is 3.93. The third-order valence-electron chi connectivity index (χ3n) is 3.58. The Morgan fingerprint density at radius 3 is 2.29 bits per heavy atom. The fourth-order valence-corrected chi connectivity index (χ4v) is 2.40. The number of hydrogen-bond donors (Lipinski definition) is 2. The predicted molar refractivity (Wildman–Crippen MR) is 96.5 cm³/mol. The predicted octanol–water partition coefficient (Wildman–Crippen LogP) is 4.68. The molecule has 0 aliphatic rings. The molecule has 1 amide bonds. The summed E-state index contributed by atoms with van der Waals surface area (Å²) in [6, 6.07) is 24.8. The van der Waals surface area contributed by atoms with E-state index in [4.69, 9.17) is 10.5 Å². The molecule has 3 N–H and O–H groups in total. The van der Waals surface area contributed by atoms with Crippen molar-refractivity contribution in [3.05, 3.63) is 84.4 Å². The van der Waals surface area contributed by atoms with Crippen LogP contribution in [0.25, 0.3) is 11.1 Å². The number of rotatable bonds is 4. The highest BCUT2D eigenvalue weighted by Gasteiger charge is 2.10. The number of carbonyl (C=O) groups excluding carboxylic acids is 1. The first-order valence-corrected chi connectivity index (χ1v) is 7.65. The number of nitrogens with two attached hydrogens (primary N) is 1. The Hall–Kier alpha value is -3.27. The van der Waals surface area contributed by atoms with Gasteiger partial charge in [-0.05, 0) is 23.3 Å². The van der Waals surface area contributed by atoms with Crippen molar-refractivity contribution in [3.63, 3.8) is 0 Å². The maximum Gasteiger partial charge on any atom is 0.411 e. The fraction of sp³-hybridized carbons (Fsp3) is 0.0500. The van der Waals surface area contributed by atoms with E-state index in [1.807, 2.05) is 72.8 Å². The van der Waals surface area contributed by atoms with E-state index in [1.165, 1.54) is 0 Å². The van der Waals surface area contributed by atoms with E-state index in [9.17, 15) is 4.79 Å². The first kappa shape index (κ1) is 15.6. The number of amides is 1. The van der Waals surface area contributed by atoms with Gasteiger partial charge >= 0.3 is 6.09 Å². The van der Waals surface area contributed by atoms with Crippen molar-refractivity contribution in [3.8, 4) is 11.1 Å². The molecule has 0 saturated heterocycles. The monoisotopic (exact) mass is 318 g/mol. The molecular weight excluding hydrogens is 300 g/mol. The van der Waals surface area contributed by atoms with Crippen molar-refractivity contribution >= 4 is 17.5 Å². The maximum absolute atomic E-state index is 12.1. The Balaban J connectivity index is 1.74. The Labute approximate surface area is 140 Å². The van der Waals surface area contributed by atoms with E-state index in [0.717, 1.165) is 16.7 Å². The molecule has 0 atom stereocenters. The van der Waals surface area contributed by atoms with Crippen LogP contribution in [0.2, 0.25) is 0 Å². The molecule has 0 fully saturated rings. The average Bonchev–Trinajstić information content (AvgIpc) is 2.62. The van der Waals surface area contributed by atoms with Crippen LogP contribution >= 0.6 is 0 Å². The molecule has 0 radical (unpaired) electrons. The van der Waals surface area contributed by atoms with Crippen molar-refractivity contribution in [2.75, 3.05) is 11.1 Å². The van der Waals surface area contributed by atoms with Crippen LogP contribution in [-0.4, -0.2) is 6.09 Å². The van der Waals surface area contributed by atoms with Gasteiger partial charge in [0.15, 0.2) is 0 Å². The molecule has 0 aliphatic heterocycles. The summed E-state index contributed by atoms with van der Waals surface area (Å²) < 4.78 is 5.27. The van der Waals surface area contributed by atoms with Gasteiger partial charge in [0.1, 0.15) is 6.61 Å². The van der Waals surface area contributed by atoms with E-state index < -0.39 is 6.09 Å². The minimum absolute atomic E-state index is 0.218. The van der Waals surface area contributed by atoms with E-state index >= 15 is 0 Å². The number of hydrogen-bond acceptors (Lipinski definition) is 3. The summed E-state index contributed by atoms with van der Waals surface area (Å²) in [5, 5.41) is 2.78. The van der Waals surface area contributed by atoms with Crippen molar-refractivity contribution in [1.82, 2.24) is 0 Å². The van der Waals surface area contributed by atoms with Gasteiger partial charge in [0.05, 0.1) is 5.69 Å². The number of ether oxygens (including phenoxy) is 1. The first-order chi connectivity index (χ1) is 11.7. The summed E-state index contributed by atoms with van der Waals surface area (Å²) in [6.07, 6.45) is -0.512. The zero-order valence-corrected chi connectivity index (χ0v) is 13.1. The second-order valence-electron chi connectivity index (χ2n) is 5.36. The van der Waals surface area contributed by atoms with Gasteiger partial charge in [-0.2, -0.15) is 0 Å². The summed E-state index contributed by atoms with van der Waals surface area (Å²) >= 11 is 0. The molecular formula is C20H18N2O2. The molecule has 0 bridgehead atoms. The average molecular weight is 318 g/mol. The highest BCUT2D eigenvalue weighted by Crippen LogP contribution is 2.29. The van der Waals surface area contributed by atoms with Gasteiger partial charge in [-0.1, -0.05) is 66.7 Å². The number of nitrogen functional groups attached to an aromatic ring is 1. The lowest BCUT2D eigenvalue weighted by Gasteiger charge is -2.12. The van der Waals surface area contributed by atoms with Crippen molar-refractivity contribution in [1.29, 1.82) is 0 Å². The van der Waals surface area contributed by atoms with Crippen molar-refractivity contribution < 1.29 is 9.53 Å². The molecule has 3 aromatic rings. The van der Waals surface area contributed by atoms with E-state index in [0.29, 0.717) is 11.4 Å². The van der Waals surface area contributed by atoms with Gasteiger partial charge in [-0.3, -0.25) is 5.32 Å². The molecule has 3 aromatic carbocycles. The summed E-state index contributed by atoms with van der Waals surface area (Å²) in [5.74, 6) is 0. The smallest absolute Gasteiger partial charge is 0.411 e. The molecule has 120 valence electrons. The number of nitrogens with one attached hydrogen (secondary N) is 1. The standard InChI is InChI=1S/C20H18N2O2/c21-17-11-12-18(16-9-5-2-6-10-16)19(13-17)22-20(23)24-14-15-7-3-1-4-8-15/h1-13H,14,21H2,(H,22,23). The normalized spacial score (nSPS) is 10.2. The van der Waals surface area contributed by atoms with Gasteiger partial charge in [-0.25, -0.2) is 4.79 Å². The third-order valence-corrected chi connectivity index (χ3v) is 3.58. The van der Waals surface area contributed by atoms with Gasteiger partial charge in [-0.15, -0.1) is 0 Å². The Morgan fingerprint density at radius 1 is 0.917 bits per heavy atom. The molecule has 0 unspecified atom stereocenters. The minimum atomic E-state index is -0.512. The van der Waals surface area contributed by atoms with Crippen LogP contribution in [0, 0.1) is 0 Å². The van der Waals surface area contributed by atoms with E-state index in [-0.39, 0.29) is 6.61 Å². The summed E-state index contributed by atoms with van der Waals surface area (Å²) in [7, 11) is 0. The number of benzene rings is 3. The Morgan fingerprint density at radius 2 is 1.58 bits per heavy atom. The van der Waals surface area contributed by atoms with E-state index in [2.05, 4.69) is 5.32 Å². The topological polar surface area (TPSA) is 64.3 Å². The van der Waals surface area contributed by atoms with Crippen LogP contribution in [0.15, 0.2) is 78.9 Å². The van der Waals surface area contributed by atoms with Crippen LogP contribution in [0.3, 0.4) is 0 Å². The molecule has 24 heavy (non-hydrogen) atoms. The molecule has 0 aromatic heterocycles. The summed E-state index contributed by atoms with van der Waals surface area (Å²) in [5.41, 5.74) is 9.88. The highest BCUT2D eigenvalue weighted by molar-refractivity contribution is 5.92. The van der Waals surface area contributed by atoms with Crippen LogP contribution in [0.1, 0.15) is 5.56 Å². The Kier molecular flexibility index (Phi) is 4.77. The number of carbonyl (C=O) groups is 1. The fourth-order valence-electron chi connectivity index (χ4n) is 2.40.